The van der Waals surface area contributed by atoms with Crippen LogP contribution >= 0.6 is 11.6 Å². The number of piperidine rings is 1. The van der Waals surface area contributed by atoms with Crippen LogP contribution < -0.4 is 4.74 Å². The molecule has 1 aromatic carbocycles. The molecule has 1 heterocycles. The second-order valence-electron chi connectivity index (χ2n) is 5.37. The van der Waals surface area contributed by atoms with E-state index in [2.05, 4.69) is 0 Å². The van der Waals surface area contributed by atoms with Crippen LogP contribution in [0.3, 0.4) is 0 Å². The van der Waals surface area contributed by atoms with E-state index in [1.165, 1.54) is 0 Å². The maximum atomic E-state index is 12.9. The predicted octanol–water partition coefficient (Wildman–Crippen LogP) is 3.04. The van der Waals surface area contributed by atoms with E-state index in [4.69, 9.17) is 16.3 Å². The van der Waals surface area contributed by atoms with Gasteiger partial charge in [0.2, 0.25) is 10.0 Å². The molecule has 0 spiro atoms. The first-order valence-electron chi connectivity index (χ1n) is 7.25. The van der Waals surface area contributed by atoms with Crippen molar-refractivity contribution >= 4 is 21.6 Å². The number of sulfonamides is 1. The van der Waals surface area contributed by atoms with Gasteiger partial charge < -0.3 is 4.74 Å². The third-order valence-electron chi connectivity index (χ3n) is 3.96. The topological polar surface area (TPSA) is 46.6 Å². The van der Waals surface area contributed by atoms with Crippen LogP contribution in [0.25, 0.3) is 0 Å². The molecule has 1 aromatic rings. The van der Waals surface area contributed by atoms with Crippen molar-refractivity contribution < 1.29 is 13.2 Å². The summed E-state index contributed by atoms with van der Waals surface area (Å²) in [7, 11) is -1.90. The van der Waals surface area contributed by atoms with E-state index in [0.717, 1.165) is 24.8 Å². The Morgan fingerprint density at radius 1 is 1.38 bits per heavy atom. The minimum Gasteiger partial charge on any atom is -0.497 e. The number of rotatable bonds is 5. The normalized spacial score (nSPS) is 20.4. The van der Waals surface area contributed by atoms with Gasteiger partial charge in [-0.15, -0.1) is 11.6 Å². The molecule has 1 saturated heterocycles. The molecule has 2 rings (SSSR count). The predicted molar refractivity (Wildman–Crippen MR) is 84.6 cm³/mol. The van der Waals surface area contributed by atoms with Crippen molar-refractivity contribution in [2.75, 3.05) is 19.5 Å². The molecule has 0 N–H and O–H groups in total. The van der Waals surface area contributed by atoms with E-state index in [1.54, 1.807) is 29.6 Å². The fourth-order valence-electron chi connectivity index (χ4n) is 2.79. The van der Waals surface area contributed by atoms with Crippen LogP contribution in [0.2, 0.25) is 0 Å². The van der Waals surface area contributed by atoms with Crippen LogP contribution in [-0.4, -0.2) is 38.3 Å². The average Bonchev–Trinajstić information content (AvgIpc) is 2.47. The van der Waals surface area contributed by atoms with Crippen LogP contribution in [0.4, 0.5) is 0 Å². The maximum absolute atomic E-state index is 12.9. The number of halogens is 1. The zero-order chi connectivity index (χ0) is 15.5. The molecular weight excluding hydrogens is 310 g/mol. The molecule has 1 unspecified atom stereocenters. The lowest BCUT2D eigenvalue weighted by Gasteiger charge is -2.32. The van der Waals surface area contributed by atoms with E-state index in [1.807, 2.05) is 6.92 Å². The highest BCUT2D eigenvalue weighted by Crippen LogP contribution is 2.29. The second-order valence-corrected chi connectivity index (χ2v) is 7.61. The Morgan fingerprint density at radius 2 is 2.14 bits per heavy atom. The molecule has 0 radical (unpaired) electrons. The smallest absolute Gasteiger partial charge is 0.243 e. The fourth-order valence-corrected chi connectivity index (χ4v) is 4.92. The number of benzene rings is 1. The molecule has 0 saturated carbocycles. The second kappa shape index (κ2) is 6.99. The summed E-state index contributed by atoms with van der Waals surface area (Å²) in [6.45, 7) is 2.57. The Balaban J connectivity index is 2.43. The van der Waals surface area contributed by atoms with Gasteiger partial charge >= 0.3 is 0 Å². The summed E-state index contributed by atoms with van der Waals surface area (Å²) >= 11 is 5.82. The lowest BCUT2D eigenvalue weighted by Crippen LogP contribution is -2.42. The fraction of sp³-hybridized carbons (Fsp3) is 0.600. The quantitative estimate of drug-likeness (QED) is 0.779. The number of hydrogen-bond donors (Lipinski definition) is 0. The highest BCUT2D eigenvalue weighted by molar-refractivity contribution is 7.89. The van der Waals surface area contributed by atoms with Crippen molar-refractivity contribution in [3.8, 4) is 5.75 Å². The minimum absolute atomic E-state index is 0.0507. The van der Waals surface area contributed by atoms with Gasteiger partial charge in [0.25, 0.3) is 0 Å². The summed E-state index contributed by atoms with van der Waals surface area (Å²) < 4.78 is 32.7. The molecule has 1 fully saturated rings. The highest BCUT2D eigenvalue weighted by atomic mass is 35.5. The van der Waals surface area contributed by atoms with Gasteiger partial charge in [-0.25, -0.2) is 8.42 Å². The third-order valence-corrected chi connectivity index (χ3v) is 6.26. The van der Waals surface area contributed by atoms with Gasteiger partial charge in [-0.3, -0.25) is 0 Å². The number of alkyl halides is 1. The van der Waals surface area contributed by atoms with E-state index < -0.39 is 10.0 Å². The van der Waals surface area contributed by atoms with Crippen molar-refractivity contribution in [1.82, 2.24) is 4.31 Å². The van der Waals surface area contributed by atoms with Crippen LogP contribution in [0.5, 0.6) is 5.75 Å². The van der Waals surface area contributed by atoms with Crippen molar-refractivity contribution in [1.29, 1.82) is 0 Å². The molecule has 0 bridgehead atoms. The number of nitrogens with zero attached hydrogens (tertiary/aromatic N) is 1. The molecule has 118 valence electrons. The number of aryl methyl sites for hydroxylation is 1. The van der Waals surface area contributed by atoms with Crippen molar-refractivity contribution in [3.63, 3.8) is 0 Å². The number of ether oxygens (including phenoxy) is 1. The molecule has 6 heteroatoms. The Morgan fingerprint density at radius 3 is 2.76 bits per heavy atom. The van der Waals surface area contributed by atoms with Gasteiger partial charge in [0, 0.05) is 18.5 Å². The van der Waals surface area contributed by atoms with Crippen molar-refractivity contribution in [2.45, 2.75) is 43.5 Å². The Hall–Kier alpha value is -0.780. The maximum Gasteiger partial charge on any atom is 0.243 e. The number of hydrogen-bond acceptors (Lipinski definition) is 3. The van der Waals surface area contributed by atoms with Crippen LogP contribution in [0.1, 0.15) is 31.7 Å². The average molecular weight is 332 g/mol. The highest BCUT2D eigenvalue weighted by Gasteiger charge is 2.32. The Bertz CT molecular complexity index is 589. The molecule has 1 aliphatic rings. The summed E-state index contributed by atoms with van der Waals surface area (Å²) in [5.41, 5.74) is 0.724. The largest absolute Gasteiger partial charge is 0.497 e. The van der Waals surface area contributed by atoms with Gasteiger partial charge in [0.1, 0.15) is 5.75 Å². The minimum atomic E-state index is -3.47. The lowest BCUT2D eigenvalue weighted by molar-refractivity contribution is 0.268. The summed E-state index contributed by atoms with van der Waals surface area (Å²) in [5.74, 6) is 1.03. The van der Waals surface area contributed by atoms with Crippen molar-refractivity contribution in [3.05, 3.63) is 23.8 Å². The van der Waals surface area contributed by atoms with Crippen LogP contribution in [0, 0.1) is 0 Å². The van der Waals surface area contributed by atoms with Gasteiger partial charge in [0.15, 0.2) is 0 Å². The molecule has 0 aliphatic carbocycles. The van der Waals surface area contributed by atoms with Crippen molar-refractivity contribution in [2.24, 2.45) is 0 Å². The lowest BCUT2D eigenvalue weighted by atomic mass is 10.1. The summed E-state index contributed by atoms with van der Waals surface area (Å²) in [6.07, 6.45) is 3.44. The van der Waals surface area contributed by atoms with Crippen LogP contribution in [-0.2, 0) is 16.4 Å². The van der Waals surface area contributed by atoms with E-state index in [9.17, 15) is 8.42 Å². The molecule has 21 heavy (non-hydrogen) atoms. The summed E-state index contributed by atoms with van der Waals surface area (Å²) in [6, 6.07) is 5.15. The zero-order valence-corrected chi connectivity index (χ0v) is 14.1. The first-order valence-corrected chi connectivity index (χ1v) is 9.23. The molecule has 0 amide bonds. The van der Waals surface area contributed by atoms with Gasteiger partial charge in [-0.05, 0) is 49.9 Å². The molecule has 0 aromatic heterocycles. The first kappa shape index (κ1) is 16.6. The molecule has 1 aliphatic heterocycles. The molecule has 1 atom stereocenters. The van der Waals surface area contributed by atoms with E-state index >= 15 is 0 Å². The number of methoxy groups -OCH3 is 1. The van der Waals surface area contributed by atoms with Crippen LogP contribution in [0.15, 0.2) is 23.1 Å². The SMILES string of the molecule is COc1ccc(S(=O)(=O)N2CCCCC2C)c(CCCl)c1. The Labute approximate surface area is 132 Å². The van der Waals surface area contributed by atoms with E-state index in [0.29, 0.717) is 29.5 Å². The standard InChI is InChI=1S/C15H22ClNO3S/c1-12-5-3-4-10-17(12)21(18,19)15-7-6-14(20-2)11-13(15)8-9-16/h6-7,11-12H,3-5,8-10H2,1-2H3. The first-order chi connectivity index (χ1) is 10.0. The third kappa shape index (κ3) is 3.52. The summed E-state index contributed by atoms with van der Waals surface area (Å²) in [4.78, 5) is 0.359. The Kier molecular flexibility index (Phi) is 5.52. The summed E-state index contributed by atoms with van der Waals surface area (Å²) in [5, 5.41) is 0. The van der Waals surface area contributed by atoms with E-state index in [-0.39, 0.29) is 6.04 Å². The molecule has 4 nitrogen and oxygen atoms in total. The monoisotopic (exact) mass is 331 g/mol. The van der Waals surface area contributed by atoms with Gasteiger partial charge in [-0.1, -0.05) is 6.42 Å². The molecular formula is C15H22ClNO3S. The van der Waals surface area contributed by atoms with Gasteiger partial charge in [-0.2, -0.15) is 4.31 Å². The zero-order valence-electron chi connectivity index (χ0n) is 12.5. The van der Waals surface area contributed by atoms with Gasteiger partial charge in [0.05, 0.1) is 12.0 Å².